The van der Waals surface area contributed by atoms with Gasteiger partial charge in [-0.1, -0.05) is 0 Å². The van der Waals surface area contributed by atoms with Crippen molar-refractivity contribution in [2.45, 2.75) is 31.8 Å². The highest BCUT2D eigenvalue weighted by molar-refractivity contribution is 5.75. The van der Waals surface area contributed by atoms with Gasteiger partial charge in [-0.3, -0.25) is 4.79 Å². The fraction of sp³-hybridized carbons (Fsp3) is 0.889. The molecule has 4 nitrogen and oxygen atoms in total. The number of carbonyl (C=O) groups is 1. The van der Waals surface area contributed by atoms with Crippen LogP contribution in [0.4, 0.5) is 0 Å². The molecule has 4 heteroatoms. The van der Waals surface area contributed by atoms with Gasteiger partial charge in [0.15, 0.2) is 0 Å². The molecule has 76 valence electrons. The Morgan fingerprint density at radius 3 is 2.77 bits per heavy atom. The molecule has 0 atom stereocenters. The smallest absolute Gasteiger partial charge is 0.220 e. The molecule has 0 aromatic rings. The van der Waals surface area contributed by atoms with Gasteiger partial charge in [-0.15, -0.1) is 0 Å². The predicted molar refractivity (Wildman–Crippen MR) is 50.0 cm³/mol. The number of nitrogens with one attached hydrogen (secondary N) is 1. The van der Waals surface area contributed by atoms with Crippen molar-refractivity contribution < 1.29 is 9.90 Å². The number of aliphatic hydroxyl groups excluding tert-OH is 1. The highest BCUT2D eigenvalue weighted by Crippen LogP contribution is 2.25. The van der Waals surface area contributed by atoms with Gasteiger partial charge >= 0.3 is 0 Å². The quantitative estimate of drug-likeness (QED) is 0.547. The molecule has 1 saturated carbocycles. The number of rotatable bonds is 5. The summed E-state index contributed by atoms with van der Waals surface area (Å²) in [5.74, 6) is 0.559. The van der Waals surface area contributed by atoms with Gasteiger partial charge in [-0.2, -0.15) is 0 Å². The summed E-state index contributed by atoms with van der Waals surface area (Å²) in [6, 6.07) is 0. The second-order valence-electron chi connectivity index (χ2n) is 3.69. The van der Waals surface area contributed by atoms with Crippen molar-refractivity contribution in [3.63, 3.8) is 0 Å². The van der Waals surface area contributed by atoms with E-state index >= 15 is 0 Å². The van der Waals surface area contributed by atoms with Crippen molar-refractivity contribution in [3.05, 3.63) is 0 Å². The summed E-state index contributed by atoms with van der Waals surface area (Å²) in [6.45, 7) is 1.27. The topological polar surface area (TPSA) is 75.4 Å². The van der Waals surface area contributed by atoms with E-state index in [0.29, 0.717) is 25.4 Å². The summed E-state index contributed by atoms with van der Waals surface area (Å²) in [4.78, 5) is 11.1. The number of amides is 1. The lowest BCUT2D eigenvalue weighted by Gasteiger charge is -2.31. The van der Waals surface area contributed by atoms with Gasteiger partial charge in [-0.25, -0.2) is 0 Å². The van der Waals surface area contributed by atoms with E-state index in [2.05, 4.69) is 5.32 Å². The molecule has 0 saturated heterocycles. The minimum absolute atomic E-state index is 0.0758. The molecular formula is C9H18N2O2. The highest BCUT2D eigenvalue weighted by atomic mass is 16.3. The van der Waals surface area contributed by atoms with E-state index in [1.54, 1.807) is 0 Å². The molecule has 0 radical (unpaired) electrons. The summed E-state index contributed by atoms with van der Waals surface area (Å²) >= 11 is 0. The molecule has 1 fully saturated rings. The minimum Gasteiger partial charge on any atom is -0.393 e. The molecule has 1 aliphatic rings. The van der Waals surface area contributed by atoms with E-state index in [4.69, 9.17) is 10.8 Å². The van der Waals surface area contributed by atoms with Gasteiger partial charge in [0.2, 0.25) is 5.91 Å². The largest absolute Gasteiger partial charge is 0.393 e. The zero-order chi connectivity index (χ0) is 9.68. The fourth-order valence-electron chi connectivity index (χ4n) is 1.48. The van der Waals surface area contributed by atoms with E-state index in [9.17, 15) is 4.79 Å². The van der Waals surface area contributed by atoms with Gasteiger partial charge in [-0.05, 0) is 31.7 Å². The van der Waals surface area contributed by atoms with Crippen LogP contribution in [-0.4, -0.2) is 30.2 Å². The monoisotopic (exact) mass is 186 g/mol. The van der Waals surface area contributed by atoms with Gasteiger partial charge in [0.25, 0.3) is 0 Å². The third-order valence-corrected chi connectivity index (χ3v) is 2.41. The molecule has 0 unspecified atom stereocenters. The van der Waals surface area contributed by atoms with Crippen LogP contribution < -0.4 is 11.1 Å². The van der Waals surface area contributed by atoms with Crippen molar-refractivity contribution in [2.24, 2.45) is 11.7 Å². The normalized spacial score (nSPS) is 26.6. The molecule has 0 bridgehead atoms. The second-order valence-corrected chi connectivity index (χ2v) is 3.69. The van der Waals surface area contributed by atoms with Gasteiger partial charge in [0.1, 0.15) is 0 Å². The first-order valence-corrected chi connectivity index (χ1v) is 4.87. The molecule has 4 N–H and O–H groups in total. The Morgan fingerprint density at radius 2 is 2.23 bits per heavy atom. The molecule has 0 heterocycles. The summed E-state index contributed by atoms with van der Waals surface area (Å²) < 4.78 is 0. The molecular weight excluding hydrogens is 168 g/mol. The third-order valence-electron chi connectivity index (χ3n) is 2.41. The molecule has 0 aromatic carbocycles. The van der Waals surface area contributed by atoms with Gasteiger partial charge in [0, 0.05) is 13.0 Å². The average molecular weight is 186 g/mol. The SMILES string of the molecule is NCCCC(=O)NCC1CC(O)C1. The Labute approximate surface area is 78.5 Å². The highest BCUT2D eigenvalue weighted by Gasteiger charge is 2.26. The first-order chi connectivity index (χ1) is 6.22. The maximum Gasteiger partial charge on any atom is 0.220 e. The number of hydrogen-bond acceptors (Lipinski definition) is 3. The van der Waals surface area contributed by atoms with Crippen LogP contribution in [0, 0.1) is 5.92 Å². The van der Waals surface area contributed by atoms with E-state index in [-0.39, 0.29) is 12.0 Å². The minimum atomic E-state index is -0.133. The number of aliphatic hydroxyl groups is 1. The second kappa shape index (κ2) is 5.19. The van der Waals surface area contributed by atoms with Crippen LogP contribution in [0.15, 0.2) is 0 Å². The van der Waals surface area contributed by atoms with Crippen LogP contribution in [0.1, 0.15) is 25.7 Å². The van der Waals surface area contributed by atoms with E-state index in [1.807, 2.05) is 0 Å². The van der Waals surface area contributed by atoms with Gasteiger partial charge in [0.05, 0.1) is 6.10 Å². The zero-order valence-corrected chi connectivity index (χ0v) is 7.83. The van der Waals surface area contributed by atoms with Crippen molar-refractivity contribution in [1.82, 2.24) is 5.32 Å². The first-order valence-electron chi connectivity index (χ1n) is 4.87. The molecule has 13 heavy (non-hydrogen) atoms. The van der Waals surface area contributed by atoms with Crippen molar-refractivity contribution in [1.29, 1.82) is 0 Å². The summed E-state index contributed by atoms with van der Waals surface area (Å²) in [6.07, 6.45) is 2.80. The number of nitrogens with two attached hydrogens (primary N) is 1. The lowest BCUT2D eigenvalue weighted by molar-refractivity contribution is -0.121. The number of carbonyl (C=O) groups excluding carboxylic acids is 1. The van der Waals surface area contributed by atoms with Gasteiger partial charge < -0.3 is 16.2 Å². The summed E-state index contributed by atoms with van der Waals surface area (Å²) in [5, 5.41) is 11.8. The fourth-order valence-corrected chi connectivity index (χ4v) is 1.48. The maximum absolute atomic E-state index is 11.1. The predicted octanol–water partition coefficient (Wildman–Crippen LogP) is -0.388. The molecule has 0 spiro atoms. The Hall–Kier alpha value is -0.610. The maximum atomic E-state index is 11.1. The molecule has 0 aromatic heterocycles. The summed E-state index contributed by atoms with van der Waals surface area (Å²) in [5.41, 5.74) is 5.28. The van der Waals surface area contributed by atoms with Crippen molar-refractivity contribution in [3.8, 4) is 0 Å². The molecule has 1 amide bonds. The third kappa shape index (κ3) is 3.74. The average Bonchev–Trinajstić information content (AvgIpc) is 2.07. The Balaban J connectivity index is 1.96. The summed E-state index contributed by atoms with van der Waals surface area (Å²) in [7, 11) is 0. The van der Waals surface area contributed by atoms with E-state index in [1.165, 1.54) is 0 Å². The molecule has 1 aliphatic carbocycles. The van der Waals surface area contributed by atoms with Crippen LogP contribution in [0.3, 0.4) is 0 Å². The number of hydrogen-bond donors (Lipinski definition) is 3. The Bertz CT molecular complexity index is 167. The standard InChI is InChI=1S/C9H18N2O2/c10-3-1-2-9(13)11-6-7-4-8(12)5-7/h7-8,12H,1-6,10H2,(H,11,13). The van der Waals surface area contributed by atoms with Crippen LogP contribution >= 0.6 is 0 Å². The van der Waals surface area contributed by atoms with Crippen molar-refractivity contribution in [2.75, 3.05) is 13.1 Å². The molecule has 0 aliphatic heterocycles. The van der Waals surface area contributed by atoms with Crippen LogP contribution in [0.5, 0.6) is 0 Å². The lowest BCUT2D eigenvalue weighted by Crippen LogP contribution is -2.38. The van der Waals surface area contributed by atoms with Crippen LogP contribution in [0.2, 0.25) is 0 Å². The van der Waals surface area contributed by atoms with Crippen molar-refractivity contribution >= 4 is 5.91 Å². The first kappa shape index (κ1) is 10.5. The van der Waals surface area contributed by atoms with E-state index < -0.39 is 0 Å². The lowest BCUT2D eigenvalue weighted by atomic mass is 9.82. The Morgan fingerprint density at radius 1 is 1.54 bits per heavy atom. The Kier molecular flexibility index (Phi) is 4.18. The van der Waals surface area contributed by atoms with Crippen LogP contribution in [-0.2, 0) is 4.79 Å². The zero-order valence-electron chi connectivity index (χ0n) is 7.83. The van der Waals surface area contributed by atoms with E-state index in [0.717, 1.165) is 19.3 Å². The molecule has 1 rings (SSSR count). The van der Waals surface area contributed by atoms with Crippen LogP contribution in [0.25, 0.3) is 0 Å².